The molecular formula is C25H40O6. The maximum absolute atomic E-state index is 11.6. The van der Waals surface area contributed by atoms with E-state index in [4.69, 9.17) is 9.47 Å². The van der Waals surface area contributed by atoms with E-state index in [0.717, 1.165) is 32.1 Å². The third kappa shape index (κ3) is 8.41. The number of methoxy groups -OCH3 is 1. The van der Waals surface area contributed by atoms with Gasteiger partial charge in [-0.05, 0) is 58.8 Å². The Morgan fingerprint density at radius 3 is 2.58 bits per heavy atom. The molecule has 1 saturated carbocycles. The zero-order valence-corrected chi connectivity index (χ0v) is 19.8. The van der Waals surface area contributed by atoms with Crippen LogP contribution in [-0.4, -0.2) is 48.1 Å². The second-order valence-electron chi connectivity index (χ2n) is 9.52. The first-order valence-electron chi connectivity index (χ1n) is 11.6. The van der Waals surface area contributed by atoms with Crippen LogP contribution in [0.4, 0.5) is 0 Å². The van der Waals surface area contributed by atoms with Crippen molar-refractivity contribution in [2.75, 3.05) is 7.11 Å². The van der Waals surface area contributed by atoms with E-state index in [1.54, 1.807) is 0 Å². The van der Waals surface area contributed by atoms with Crippen molar-refractivity contribution >= 4 is 11.9 Å². The van der Waals surface area contributed by atoms with Gasteiger partial charge in [0.05, 0.1) is 24.9 Å². The number of aliphatic hydroxyl groups is 1. The zero-order valence-electron chi connectivity index (χ0n) is 19.8. The van der Waals surface area contributed by atoms with Crippen molar-refractivity contribution in [2.24, 2.45) is 11.8 Å². The highest BCUT2D eigenvalue weighted by molar-refractivity contribution is 5.69. The average molecular weight is 437 g/mol. The van der Waals surface area contributed by atoms with E-state index in [-0.39, 0.29) is 42.1 Å². The summed E-state index contributed by atoms with van der Waals surface area (Å²) in [4.78, 5) is 22.9. The Labute approximate surface area is 187 Å². The monoisotopic (exact) mass is 436 g/mol. The smallest absolute Gasteiger partial charge is 0.305 e. The van der Waals surface area contributed by atoms with Crippen LogP contribution in [0.15, 0.2) is 23.8 Å². The average Bonchev–Trinajstić information content (AvgIpc) is 3.19. The Bertz CT molecular complexity index is 661. The first-order valence-corrected chi connectivity index (χ1v) is 11.6. The van der Waals surface area contributed by atoms with E-state index < -0.39 is 5.60 Å². The molecule has 31 heavy (non-hydrogen) atoms. The second-order valence-corrected chi connectivity index (χ2v) is 9.52. The number of fused-ring (bicyclic) bond motifs is 1. The van der Waals surface area contributed by atoms with E-state index >= 15 is 0 Å². The number of hydrogen-bond acceptors (Lipinski definition) is 6. The molecule has 0 aromatic rings. The van der Waals surface area contributed by atoms with Gasteiger partial charge in [0.1, 0.15) is 6.10 Å². The molecule has 6 nitrogen and oxygen atoms in total. The van der Waals surface area contributed by atoms with Crippen molar-refractivity contribution in [1.29, 1.82) is 0 Å². The minimum atomic E-state index is -0.905. The zero-order chi connectivity index (χ0) is 23.0. The maximum atomic E-state index is 11.6. The molecule has 6 atom stereocenters. The minimum Gasteiger partial charge on any atom is -0.469 e. The quantitative estimate of drug-likeness (QED) is 0.292. The molecule has 0 radical (unpaired) electrons. The number of unbranched alkanes of at least 4 members (excludes halogenated alkanes) is 1. The van der Waals surface area contributed by atoms with Gasteiger partial charge in [0.25, 0.3) is 0 Å². The van der Waals surface area contributed by atoms with Gasteiger partial charge in [-0.3, -0.25) is 9.59 Å². The first-order chi connectivity index (χ1) is 14.6. The van der Waals surface area contributed by atoms with Gasteiger partial charge in [0, 0.05) is 25.7 Å². The van der Waals surface area contributed by atoms with Crippen molar-refractivity contribution in [1.82, 2.24) is 0 Å². The molecule has 0 aromatic heterocycles. The predicted molar refractivity (Wildman–Crippen MR) is 119 cm³/mol. The topological polar surface area (TPSA) is 82.1 Å². The summed E-state index contributed by atoms with van der Waals surface area (Å²) in [5.41, 5.74) is 0.339. The number of hydrogen-bond donors (Lipinski definition) is 1. The van der Waals surface area contributed by atoms with Gasteiger partial charge in [-0.1, -0.05) is 30.2 Å². The van der Waals surface area contributed by atoms with Gasteiger partial charge in [0.2, 0.25) is 0 Å². The van der Waals surface area contributed by atoms with Gasteiger partial charge in [-0.15, -0.1) is 0 Å². The number of rotatable bonds is 11. The lowest BCUT2D eigenvalue weighted by atomic mass is 9.87. The van der Waals surface area contributed by atoms with Crippen LogP contribution in [-0.2, 0) is 23.8 Å². The Morgan fingerprint density at radius 2 is 1.94 bits per heavy atom. The lowest BCUT2D eigenvalue weighted by molar-refractivity contribution is -0.148. The molecule has 1 heterocycles. The van der Waals surface area contributed by atoms with E-state index in [1.807, 2.05) is 19.1 Å². The van der Waals surface area contributed by atoms with Gasteiger partial charge in [-0.25, -0.2) is 0 Å². The highest BCUT2D eigenvalue weighted by Crippen LogP contribution is 2.46. The Balaban J connectivity index is 1.95. The lowest BCUT2D eigenvalue weighted by Crippen LogP contribution is -2.26. The highest BCUT2D eigenvalue weighted by atomic mass is 16.6. The van der Waals surface area contributed by atoms with Crippen LogP contribution in [0, 0.1) is 11.8 Å². The molecule has 2 fully saturated rings. The summed E-state index contributed by atoms with van der Waals surface area (Å²) < 4.78 is 16.6. The van der Waals surface area contributed by atoms with Crippen molar-refractivity contribution in [3.8, 4) is 0 Å². The van der Waals surface area contributed by atoms with Crippen molar-refractivity contribution in [3.63, 3.8) is 0 Å². The summed E-state index contributed by atoms with van der Waals surface area (Å²) in [6, 6.07) is 0. The van der Waals surface area contributed by atoms with Crippen LogP contribution >= 0.6 is 0 Å². The number of ether oxygens (including phenoxy) is 3. The minimum absolute atomic E-state index is 0.0453. The van der Waals surface area contributed by atoms with Gasteiger partial charge >= 0.3 is 11.9 Å². The first kappa shape index (κ1) is 25.6. The maximum Gasteiger partial charge on any atom is 0.305 e. The van der Waals surface area contributed by atoms with Crippen LogP contribution in [0.5, 0.6) is 0 Å². The van der Waals surface area contributed by atoms with E-state index in [1.165, 1.54) is 19.6 Å². The number of carbonyl (C=O) groups is 2. The summed E-state index contributed by atoms with van der Waals surface area (Å²) in [7, 11) is 1.41. The molecule has 176 valence electrons. The molecular weight excluding hydrogens is 396 g/mol. The summed E-state index contributed by atoms with van der Waals surface area (Å²) >= 11 is 0. The molecule has 1 aliphatic heterocycles. The Morgan fingerprint density at radius 1 is 1.19 bits per heavy atom. The third-order valence-electron chi connectivity index (χ3n) is 6.35. The van der Waals surface area contributed by atoms with Gasteiger partial charge < -0.3 is 19.3 Å². The van der Waals surface area contributed by atoms with Crippen molar-refractivity contribution in [2.45, 2.75) is 103 Å². The van der Waals surface area contributed by atoms with Crippen LogP contribution in [0.3, 0.4) is 0 Å². The molecule has 0 amide bonds. The van der Waals surface area contributed by atoms with E-state index in [9.17, 15) is 14.7 Å². The Hall–Kier alpha value is -1.66. The normalized spacial score (nSPS) is 29.4. The standard InChI is InChI=1S/C25H40O6/c1-17(2)9-8-13-25(4,28)14-12-20-21-15-19(10-6-7-11-24(27)29-5)31-23(21)16-22(20)30-18(3)26/h9,12,14,19-23,28H,6-8,10-11,13,15-16H2,1-5H3/b14-12+/t19-,20+,21+,22+,23-,25?/m0/s1. The van der Waals surface area contributed by atoms with Gasteiger partial charge in [-0.2, -0.15) is 0 Å². The second kappa shape index (κ2) is 11.8. The number of esters is 2. The number of allylic oxidation sites excluding steroid dienone is 2. The molecule has 2 rings (SSSR count). The fraction of sp³-hybridized carbons (Fsp3) is 0.760. The van der Waals surface area contributed by atoms with Crippen molar-refractivity contribution in [3.05, 3.63) is 23.8 Å². The van der Waals surface area contributed by atoms with Gasteiger partial charge in [0.15, 0.2) is 0 Å². The molecule has 2 aliphatic rings. The molecule has 1 aliphatic carbocycles. The fourth-order valence-corrected chi connectivity index (χ4v) is 4.75. The van der Waals surface area contributed by atoms with E-state index in [2.05, 4.69) is 24.7 Å². The predicted octanol–water partition coefficient (Wildman–Crippen LogP) is 4.50. The number of carbonyl (C=O) groups excluding carboxylic acids is 2. The summed E-state index contributed by atoms with van der Waals surface area (Å²) in [6.07, 6.45) is 12.2. The molecule has 1 N–H and O–H groups in total. The molecule has 0 bridgehead atoms. The summed E-state index contributed by atoms with van der Waals surface area (Å²) in [5, 5.41) is 10.8. The molecule has 0 aromatic carbocycles. The highest BCUT2D eigenvalue weighted by Gasteiger charge is 2.49. The summed E-state index contributed by atoms with van der Waals surface area (Å²) in [5.74, 6) is -0.128. The lowest BCUT2D eigenvalue weighted by Gasteiger charge is -2.24. The molecule has 6 heteroatoms. The largest absolute Gasteiger partial charge is 0.469 e. The molecule has 1 saturated heterocycles. The van der Waals surface area contributed by atoms with Crippen LogP contribution in [0.2, 0.25) is 0 Å². The fourth-order valence-electron chi connectivity index (χ4n) is 4.75. The van der Waals surface area contributed by atoms with Crippen LogP contribution in [0.25, 0.3) is 0 Å². The van der Waals surface area contributed by atoms with Crippen LogP contribution < -0.4 is 0 Å². The molecule has 0 spiro atoms. The Kier molecular flexibility index (Phi) is 9.76. The SMILES string of the molecule is COC(=O)CCCC[C@H]1C[C@@H]2[C@@H](/C=C/C(C)(O)CCC=C(C)C)[C@H](OC(C)=O)C[C@@H]2O1. The van der Waals surface area contributed by atoms with E-state index in [0.29, 0.717) is 19.3 Å². The summed E-state index contributed by atoms with van der Waals surface area (Å²) in [6.45, 7) is 7.37. The molecule has 1 unspecified atom stereocenters. The van der Waals surface area contributed by atoms with Crippen molar-refractivity contribution < 1.29 is 28.9 Å². The third-order valence-corrected chi connectivity index (χ3v) is 6.35. The van der Waals surface area contributed by atoms with Crippen LogP contribution in [0.1, 0.15) is 79.1 Å².